The zero-order valence-corrected chi connectivity index (χ0v) is 14.9. The standard InChI is InChI=1S/C18H27N5O2/c1-3-19-18(22-10-13-23-11-4-5-12-23)21-9-6-8-20-17(24)16-15(2)7-14-25-16/h4-5,7,11-12,14H,3,6,8-10,13H2,1-2H3,(H,20,24)(H2,19,21,22). The Kier molecular flexibility index (Phi) is 7.62. The van der Waals surface area contributed by atoms with Gasteiger partial charge in [-0.25, -0.2) is 0 Å². The van der Waals surface area contributed by atoms with E-state index in [2.05, 4.69) is 25.5 Å². The van der Waals surface area contributed by atoms with Crippen LogP contribution in [0.25, 0.3) is 0 Å². The highest BCUT2D eigenvalue weighted by Gasteiger charge is 2.11. The van der Waals surface area contributed by atoms with Gasteiger partial charge in [-0.05, 0) is 38.5 Å². The van der Waals surface area contributed by atoms with Crippen LogP contribution in [0.15, 0.2) is 46.3 Å². The molecule has 0 unspecified atom stereocenters. The fourth-order valence-electron chi connectivity index (χ4n) is 2.32. The number of aromatic nitrogens is 1. The molecule has 7 nitrogen and oxygen atoms in total. The van der Waals surface area contributed by atoms with Crippen molar-refractivity contribution in [2.24, 2.45) is 4.99 Å². The van der Waals surface area contributed by atoms with E-state index in [-0.39, 0.29) is 5.91 Å². The van der Waals surface area contributed by atoms with Crippen LogP contribution >= 0.6 is 0 Å². The average molecular weight is 345 g/mol. The zero-order valence-electron chi connectivity index (χ0n) is 14.9. The Morgan fingerprint density at radius 2 is 2.00 bits per heavy atom. The summed E-state index contributed by atoms with van der Waals surface area (Å²) in [5.74, 6) is 0.995. The number of furan rings is 1. The van der Waals surface area contributed by atoms with Gasteiger partial charge in [-0.1, -0.05) is 0 Å². The van der Waals surface area contributed by atoms with E-state index in [0.717, 1.165) is 37.6 Å². The Labute approximate surface area is 148 Å². The third-order valence-corrected chi connectivity index (χ3v) is 3.63. The van der Waals surface area contributed by atoms with Gasteiger partial charge < -0.3 is 24.9 Å². The van der Waals surface area contributed by atoms with Crippen molar-refractivity contribution in [1.29, 1.82) is 0 Å². The van der Waals surface area contributed by atoms with Crippen LogP contribution in [0, 0.1) is 6.92 Å². The number of hydrogen-bond acceptors (Lipinski definition) is 3. The second kappa shape index (κ2) is 10.2. The van der Waals surface area contributed by atoms with Crippen molar-refractivity contribution in [2.75, 3.05) is 26.2 Å². The third kappa shape index (κ3) is 6.37. The van der Waals surface area contributed by atoms with Gasteiger partial charge in [0.05, 0.1) is 6.26 Å². The van der Waals surface area contributed by atoms with E-state index in [1.54, 1.807) is 6.07 Å². The Bertz CT molecular complexity index is 661. The van der Waals surface area contributed by atoms with Gasteiger partial charge in [0.25, 0.3) is 5.91 Å². The summed E-state index contributed by atoms with van der Waals surface area (Å²) >= 11 is 0. The number of hydrogen-bond donors (Lipinski definition) is 3. The lowest BCUT2D eigenvalue weighted by molar-refractivity contribution is 0.0925. The molecule has 0 aromatic carbocycles. The number of nitrogens with one attached hydrogen (secondary N) is 3. The lowest BCUT2D eigenvalue weighted by atomic mass is 10.2. The van der Waals surface area contributed by atoms with Crippen LogP contribution in [0.4, 0.5) is 0 Å². The normalized spacial score (nSPS) is 11.4. The minimum absolute atomic E-state index is 0.178. The first-order chi connectivity index (χ1) is 12.2. The molecule has 0 saturated carbocycles. The lowest BCUT2D eigenvalue weighted by Crippen LogP contribution is -2.39. The van der Waals surface area contributed by atoms with Gasteiger partial charge >= 0.3 is 0 Å². The Hall–Kier alpha value is -2.70. The van der Waals surface area contributed by atoms with Gasteiger partial charge in [0.1, 0.15) is 0 Å². The van der Waals surface area contributed by atoms with E-state index in [4.69, 9.17) is 4.42 Å². The molecule has 0 radical (unpaired) electrons. The first-order valence-electron chi connectivity index (χ1n) is 8.66. The molecule has 2 aromatic heterocycles. The van der Waals surface area contributed by atoms with E-state index < -0.39 is 0 Å². The van der Waals surface area contributed by atoms with Crippen molar-refractivity contribution in [3.63, 3.8) is 0 Å². The minimum atomic E-state index is -0.178. The van der Waals surface area contributed by atoms with Crippen LogP contribution in [0.3, 0.4) is 0 Å². The summed E-state index contributed by atoms with van der Waals surface area (Å²) in [4.78, 5) is 16.4. The molecule has 0 aliphatic rings. The highest BCUT2D eigenvalue weighted by atomic mass is 16.3. The second-order valence-electron chi connectivity index (χ2n) is 5.65. The van der Waals surface area contributed by atoms with Gasteiger partial charge in [-0.2, -0.15) is 0 Å². The molecule has 2 heterocycles. The highest BCUT2D eigenvalue weighted by molar-refractivity contribution is 5.92. The predicted octanol–water partition coefficient (Wildman–Crippen LogP) is 1.76. The maximum absolute atomic E-state index is 11.9. The molecule has 25 heavy (non-hydrogen) atoms. The fraction of sp³-hybridized carbons (Fsp3) is 0.444. The number of amides is 1. The molecular formula is C18H27N5O2. The van der Waals surface area contributed by atoms with Crippen LogP contribution < -0.4 is 16.0 Å². The van der Waals surface area contributed by atoms with Crippen molar-refractivity contribution in [2.45, 2.75) is 26.8 Å². The maximum atomic E-state index is 11.9. The topological polar surface area (TPSA) is 83.6 Å². The Morgan fingerprint density at radius 1 is 1.20 bits per heavy atom. The van der Waals surface area contributed by atoms with Crippen LogP contribution in [0.5, 0.6) is 0 Å². The lowest BCUT2D eigenvalue weighted by Gasteiger charge is -2.11. The summed E-state index contributed by atoms with van der Waals surface area (Å²) in [6.45, 7) is 7.58. The van der Waals surface area contributed by atoms with Crippen molar-refractivity contribution < 1.29 is 9.21 Å². The van der Waals surface area contributed by atoms with Crippen LogP contribution in [0.1, 0.15) is 29.5 Å². The number of carbonyl (C=O) groups excluding carboxylic acids is 1. The largest absolute Gasteiger partial charge is 0.459 e. The molecule has 2 rings (SSSR count). The zero-order chi connectivity index (χ0) is 17.9. The average Bonchev–Trinajstić information content (AvgIpc) is 3.26. The van der Waals surface area contributed by atoms with Gasteiger partial charge in [0.15, 0.2) is 11.7 Å². The summed E-state index contributed by atoms with van der Waals surface area (Å²) in [6.07, 6.45) is 6.36. The SMILES string of the molecule is CCNC(=NCCCNC(=O)c1occc1C)NCCn1cccc1. The van der Waals surface area contributed by atoms with E-state index >= 15 is 0 Å². The molecule has 1 amide bonds. The summed E-state index contributed by atoms with van der Waals surface area (Å²) in [5.41, 5.74) is 0.844. The van der Waals surface area contributed by atoms with Crippen molar-refractivity contribution in [3.8, 4) is 0 Å². The fourth-order valence-corrected chi connectivity index (χ4v) is 2.32. The van der Waals surface area contributed by atoms with Crippen molar-refractivity contribution >= 4 is 11.9 Å². The van der Waals surface area contributed by atoms with E-state index in [9.17, 15) is 4.79 Å². The monoisotopic (exact) mass is 345 g/mol. The molecule has 0 saturated heterocycles. The molecular weight excluding hydrogens is 318 g/mol. The quantitative estimate of drug-likeness (QED) is 0.367. The molecule has 0 aliphatic heterocycles. The Balaban J connectivity index is 1.66. The molecule has 136 valence electrons. The van der Waals surface area contributed by atoms with Crippen LogP contribution in [-0.2, 0) is 6.54 Å². The molecule has 0 bridgehead atoms. The summed E-state index contributed by atoms with van der Waals surface area (Å²) in [7, 11) is 0. The predicted molar refractivity (Wildman–Crippen MR) is 98.8 cm³/mol. The number of nitrogens with zero attached hydrogens (tertiary/aromatic N) is 2. The smallest absolute Gasteiger partial charge is 0.287 e. The second-order valence-corrected chi connectivity index (χ2v) is 5.65. The van der Waals surface area contributed by atoms with Gasteiger partial charge in [-0.15, -0.1) is 0 Å². The third-order valence-electron chi connectivity index (χ3n) is 3.63. The first-order valence-corrected chi connectivity index (χ1v) is 8.66. The van der Waals surface area contributed by atoms with E-state index in [1.165, 1.54) is 6.26 Å². The van der Waals surface area contributed by atoms with Crippen LogP contribution in [0.2, 0.25) is 0 Å². The maximum Gasteiger partial charge on any atom is 0.287 e. The van der Waals surface area contributed by atoms with E-state index in [0.29, 0.717) is 18.8 Å². The summed E-state index contributed by atoms with van der Waals surface area (Å²) < 4.78 is 7.28. The number of carbonyl (C=O) groups is 1. The minimum Gasteiger partial charge on any atom is -0.459 e. The number of guanidine groups is 1. The van der Waals surface area contributed by atoms with Crippen LogP contribution in [-0.4, -0.2) is 42.6 Å². The van der Waals surface area contributed by atoms with E-state index in [1.807, 2.05) is 38.4 Å². The summed E-state index contributed by atoms with van der Waals surface area (Å²) in [6, 6.07) is 5.80. The Morgan fingerprint density at radius 3 is 2.68 bits per heavy atom. The molecule has 2 aromatic rings. The van der Waals surface area contributed by atoms with Gasteiger partial charge in [-0.3, -0.25) is 9.79 Å². The molecule has 0 spiro atoms. The number of rotatable bonds is 9. The highest BCUT2D eigenvalue weighted by Crippen LogP contribution is 2.07. The van der Waals surface area contributed by atoms with Crippen molar-refractivity contribution in [1.82, 2.24) is 20.5 Å². The molecule has 7 heteroatoms. The number of aryl methyl sites for hydroxylation is 1. The van der Waals surface area contributed by atoms with Crippen molar-refractivity contribution in [3.05, 3.63) is 48.2 Å². The first kappa shape index (κ1) is 18.6. The molecule has 0 fully saturated rings. The van der Waals surface area contributed by atoms with Gasteiger partial charge in [0.2, 0.25) is 0 Å². The molecule has 3 N–H and O–H groups in total. The molecule has 0 atom stereocenters. The molecule has 0 aliphatic carbocycles. The van der Waals surface area contributed by atoms with Gasteiger partial charge in [0, 0.05) is 50.7 Å². The summed E-state index contributed by atoms with van der Waals surface area (Å²) in [5, 5.41) is 9.37. The number of aliphatic imine (C=N–C) groups is 1.